The summed E-state index contributed by atoms with van der Waals surface area (Å²) in [6, 6.07) is 12.6. The Hall–Kier alpha value is -3.30. The van der Waals surface area contributed by atoms with Crippen molar-refractivity contribution in [2.45, 2.75) is 0 Å². The van der Waals surface area contributed by atoms with Gasteiger partial charge in [-0.25, -0.2) is 4.79 Å². The maximum absolute atomic E-state index is 12.2. The number of halogens is 1. The highest BCUT2D eigenvalue weighted by atomic mass is 35.5. The van der Waals surface area contributed by atoms with Crippen LogP contribution in [0.3, 0.4) is 0 Å². The average Bonchev–Trinajstić information content (AvgIpc) is 2.61. The first-order valence-electron chi connectivity index (χ1n) is 7.04. The zero-order chi connectivity index (χ0) is 18.4. The van der Waals surface area contributed by atoms with Crippen LogP contribution in [0.4, 0.5) is 5.69 Å². The molecule has 7 heteroatoms. The standard InChI is InChI=1S/C18H13ClN2O4/c1-25-16-7-2-11(9-15(16)18(23)24)8-12(10-20)17(22)21-14-5-3-13(19)4-6-14/h2-9H,1H3,(H,21,22)(H,23,24). The Labute approximate surface area is 148 Å². The molecule has 0 atom stereocenters. The third-order valence-electron chi connectivity index (χ3n) is 3.23. The molecule has 126 valence electrons. The summed E-state index contributed by atoms with van der Waals surface area (Å²) in [5, 5.41) is 21.5. The van der Waals surface area contributed by atoms with Crippen molar-refractivity contribution < 1.29 is 19.4 Å². The maximum atomic E-state index is 12.2. The lowest BCUT2D eigenvalue weighted by molar-refractivity contribution is -0.112. The second kappa shape index (κ2) is 7.99. The van der Waals surface area contributed by atoms with Gasteiger partial charge in [-0.15, -0.1) is 0 Å². The highest BCUT2D eigenvalue weighted by molar-refractivity contribution is 6.30. The van der Waals surface area contributed by atoms with Crippen molar-refractivity contribution >= 4 is 35.2 Å². The Morgan fingerprint density at radius 2 is 1.92 bits per heavy atom. The van der Waals surface area contributed by atoms with Crippen LogP contribution in [0.5, 0.6) is 5.75 Å². The molecule has 0 aliphatic rings. The summed E-state index contributed by atoms with van der Waals surface area (Å²) in [5.74, 6) is -1.59. The molecule has 0 unspecified atom stereocenters. The Balaban J connectivity index is 2.29. The topological polar surface area (TPSA) is 99.4 Å². The number of carbonyl (C=O) groups excluding carboxylic acids is 1. The van der Waals surface area contributed by atoms with Gasteiger partial charge in [-0.3, -0.25) is 4.79 Å². The summed E-state index contributed by atoms with van der Waals surface area (Å²) in [6.45, 7) is 0. The molecule has 2 N–H and O–H groups in total. The minimum absolute atomic E-state index is 0.0633. The number of nitrogens with zero attached hydrogens (tertiary/aromatic N) is 1. The maximum Gasteiger partial charge on any atom is 0.339 e. The van der Waals surface area contributed by atoms with E-state index in [0.29, 0.717) is 16.3 Å². The van der Waals surface area contributed by atoms with Crippen LogP contribution >= 0.6 is 11.6 Å². The highest BCUT2D eigenvalue weighted by Crippen LogP contribution is 2.22. The number of nitriles is 1. The molecule has 6 nitrogen and oxygen atoms in total. The van der Waals surface area contributed by atoms with E-state index in [9.17, 15) is 20.0 Å². The molecule has 2 aromatic rings. The molecule has 0 heterocycles. The van der Waals surface area contributed by atoms with E-state index >= 15 is 0 Å². The number of carbonyl (C=O) groups is 2. The van der Waals surface area contributed by atoms with Gasteiger partial charge in [-0.2, -0.15) is 5.26 Å². The average molecular weight is 357 g/mol. The van der Waals surface area contributed by atoms with Crippen molar-refractivity contribution in [3.8, 4) is 11.8 Å². The molecule has 2 rings (SSSR count). The predicted molar refractivity (Wildman–Crippen MR) is 93.6 cm³/mol. The molecule has 0 bridgehead atoms. The van der Waals surface area contributed by atoms with Gasteiger partial charge in [0.1, 0.15) is 23.0 Å². The molecule has 0 saturated carbocycles. The van der Waals surface area contributed by atoms with Crippen LogP contribution in [-0.2, 0) is 4.79 Å². The fraction of sp³-hybridized carbons (Fsp3) is 0.0556. The molecule has 1 amide bonds. The van der Waals surface area contributed by atoms with Gasteiger partial charge in [-0.05, 0) is 48.0 Å². The van der Waals surface area contributed by atoms with Crippen molar-refractivity contribution in [1.29, 1.82) is 5.26 Å². The number of amides is 1. The third-order valence-corrected chi connectivity index (χ3v) is 3.48. The zero-order valence-electron chi connectivity index (χ0n) is 13.1. The van der Waals surface area contributed by atoms with E-state index in [1.807, 2.05) is 0 Å². The number of ether oxygens (including phenoxy) is 1. The fourth-order valence-corrected chi connectivity index (χ4v) is 2.16. The van der Waals surface area contributed by atoms with Crippen LogP contribution in [0, 0.1) is 11.3 Å². The van der Waals surface area contributed by atoms with Crippen molar-refractivity contribution in [3.05, 3.63) is 64.2 Å². The first-order valence-corrected chi connectivity index (χ1v) is 7.42. The van der Waals surface area contributed by atoms with Gasteiger partial charge in [0.2, 0.25) is 0 Å². The lowest BCUT2D eigenvalue weighted by atomic mass is 10.1. The molecule has 0 spiro atoms. The first-order chi connectivity index (χ1) is 11.9. The van der Waals surface area contributed by atoms with Crippen LogP contribution < -0.4 is 10.1 Å². The fourth-order valence-electron chi connectivity index (χ4n) is 2.03. The van der Waals surface area contributed by atoms with Gasteiger partial charge in [0.15, 0.2) is 0 Å². The monoisotopic (exact) mass is 356 g/mol. The van der Waals surface area contributed by atoms with Gasteiger partial charge in [0, 0.05) is 10.7 Å². The van der Waals surface area contributed by atoms with Crippen molar-refractivity contribution in [3.63, 3.8) is 0 Å². The summed E-state index contributed by atoms with van der Waals surface area (Å²) < 4.78 is 4.97. The number of anilines is 1. The lowest BCUT2D eigenvalue weighted by Crippen LogP contribution is -2.13. The first kappa shape index (κ1) is 18.0. The Morgan fingerprint density at radius 1 is 1.24 bits per heavy atom. The Bertz CT molecular complexity index is 883. The van der Waals surface area contributed by atoms with Crippen LogP contribution in [0.1, 0.15) is 15.9 Å². The number of hydrogen-bond donors (Lipinski definition) is 2. The van der Waals surface area contributed by atoms with E-state index in [1.54, 1.807) is 36.4 Å². The predicted octanol–water partition coefficient (Wildman–Crippen LogP) is 3.59. The smallest absolute Gasteiger partial charge is 0.339 e. The number of carboxylic acid groups (broad SMARTS) is 1. The Morgan fingerprint density at radius 3 is 2.48 bits per heavy atom. The number of rotatable bonds is 5. The molecule has 25 heavy (non-hydrogen) atoms. The summed E-state index contributed by atoms with van der Waals surface area (Å²) in [7, 11) is 1.36. The normalized spacial score (nSPS) is 10.7. The molecule has 0 aliphatic carbocycles. The SMILES string of the molecule is COc1ccc(C=C(C#N)C(=O)Nc2ccc(Cl)cc2)cc1C(=O)O. The quantitative estimate of drug-likeness (QED) is 0.630. The third kappa shape index (κ3) is 4.59. The van der Waals surface area contributed by atoms with Gasteiger partial charge >= 0.3 is 5.97 Å². The molecule has 2 aromatic carbocycles. The Kier molecular flexibility index (Phi) is 5.77. The molecule has 0 aromatic heterocycles. The largest absolute Gasteiger partial charge is 0.496 e. The van der Waals surface area contributed by atoms with Crippen LogP contribution in [0.15, 0.2) is 48.0 Å². The second-order valence-corrected chi connectivity index (χ2v) is 5.33. The number of aromatic carboxylic acids is 1. The van der Waals surface area contributed by atoms with Gasteiger partial charge < -0.3 is 15.2 Å². The van der Waals surface area contributed by atoms with Crippen LogP contribution in [0.25, 0.3) is 6.08 Å². The lowest BCUT2D eigenvalue weighted by Gasteiger charge is -2.07. The highest BCUT2D eigenvalue weighted by Gasteiger charge is 2.13. The number of carboxylic acids is 1. The minimum Gasteiger partial charge on any atom is -0.496 e. The number of benzene rings is 2. The number of hydrogen-bond acceptors (Lipinski definition) is 4. The van der Waals surface area contributed by atoms with Gasteiger partial charge in [0.25, 0.3) is 5.91 Å². The second-order valence-electron chi connectivity index (χ2n) is 4.90. The van der Waals surface area contributed by atoms with Crippen molar-refractivity contribution in [2.24, 2.45) is 0 Å². The number of nitrogens with one attached hydrogen (secondary N) is 1. The van der Waals surface area contributed by atoms with Crippen LogP contribution in [0.2, 0.25) is 5.02 Å². The zero-order valence-corrected chi connectivity index (χ0v) is 13.9. The summed E-state index contributed by atoms with van der Waals surface area (Å²) in [6.07, 6.45) is 1.30. The van der Waals surface area contributed by atoms with Gasteiger partial charge in [0.05, 0.1) is 7.11 Å². The summed E-state index contributed by atoms with van der Waals surface area (Å²) in [4.78, 5) is 23.4. The molecule has 0 fully saturated rings. The van der Waals surface area contributed by atoms with Gasteiger partial charge in [-0.1, -0.05) is 17.7 Å². The molecule has 0 saturated heterocycles. The van der Waals surface area contributed by atoms with Crippen LogP contribution in [-0.4, -0.2) is 24.1 Å². The van der Waals surface area contributed by atoms with E-state index in [-0.39, 0.29) is 16.9 Å². The van der Waals surface area contributed by atoms with Crippen molar-refractivity contribution in [2.75, 3.05) is 12.4 Å². The number of methoxy groups -OCH3 is 1. The van der Waals surface area contributed by atoms with E-state index in [4.69, 9.17) is 16.3 Å². The summed E-state index contributed by atoms with van der Waals surface area (Å²) >= 11 is 5.78. The van der Waals surface area contributed by atoms with Crippen molar-refractivity contribution in [1.82, 2.24) is 0 Å². The van der Waals surface area contributed by atoms with E-state index in [1.165, 1.54) is 25.3 Å². The van der Waals surface area contributed by atoms with E-state index in [0.717, 1.165) is 0 Å². The summed E-state index contributed by atoms with van der Waals surface area (Å²) in [5.41, 5.74) is 0.639. The van der Waals surface area contributed by atoms with E-state index in [2.05, 4.69) is 5.32 Å². The molecule has 0 radical (unpaired) electrons. The minimum atomic E-state index is -1.17. The molecular weight excluding hydrogens is 344 g/mol. The molecule has 0 aliphatic heterocycles. The molecular formula is C18H13ClN2O4. The van der Waals surface area contributed by atoms with E-state index < -0.39 is 11.9 Å².